The molecule has 1 aromatic carbocycles. The Morgan fingerprint density at radius 3 is 2.68 bits per heavy atom. The maximum atomic E-state index is 13.3. The molecule has 4 aromatic rings. The van der Waals surface area contributed by atoms with Gasteiger partial charge in [-0.25, -0.2) is 19.4 Å². The van der Waals surface area contributed by atoms with Gasteiger partial charge < -0.3 is 15.6 Å². The van der Waals surface area contributed by atoms with Crippen molar-refractivity contribution in [1.29, 1.82) is 5.26 Å². The number of aromatic nitrogens is 5. The lowest BCUT2D eigenvalue weighted by atomic mass is 10.0. The number of nitrogens with two attached hydrogens (primary N) is 1. The Morgan fingerprint density at radius 1 is 1.22 bits per heavy atom. The number of nitrogens with one attached hydrogen (secondary N) is 2. The lowest BCUT2D eigenvalue weighted by molar-refractivity contribution is -0.161. The third kappa shape index (κ3) is 3.79. The lowest BCUT2D eigenvalue weighted by Crippen LogP contribution is -2.28. The van der Waals surface area contributed by atoms with Gasteiger partial charge in [0, 0.05) is 11.6 Å². The van der Waals surface area contributed by atoms with Gasteiger partial charge in [-0.2, -0.15) is 23.5 Å². The number of nitriles is 1. The number of fused-ring (bicyclic) bond motifs is 1. The number of hydrogen-bond donors (Lipinski definition) is 3. The molecule has 2 aliphatic rings. The van der Waals surface area contributed by atoms with Crippen LogP contribution in [0.5, 0.6) is 0 Å². The number of rotatable bonds is 5. The van der Waals surface area contributed by atoms with E-state index in [1.54, 1.807) is 12.1 Å². The predicted octanol–water partition coefficient (Wildman–Crippen LogP) is 4.51. The molecule has 0 atom stereocenters. The second-order valence-corrected chi connectivity index (χ2v) is 9.09. The molecule has 0 aliphatic heterocycles. The molecule has 11 nitrogen and oxygen atoms in total. The van der Waals surface area contributed by atoms with Gasteiger partial charge in [-0.05, 0) is 37.8 Å². The van der Waals surface area contributed by atoms with Crippen LogP contribution in [0.25, 0.3) is 22.3 Å². The Balaban J connectivity index is 1.24. The van der Waals surface area contributed by atoms with Crippen molar-refractivity contribution in [2.75, 3.05) is 16.4 Å². The summed E-state index contributed by atoms with van der Waals surface area (Å²) >= 11 is 0. The van der Waals surface area contributed by atoms with E-state index in [0.29, 0.717) is 22.3 Å². The van der Waals surface area contributed by atoms with Crippen molar-refractivity contribution in [1.82, 2.24) is 24.9 Å². The second-order valence-electron chi connectivity index (χ2n) is 9.09. The largest absolute Gasteiger partial charge is 0.400 e. The van der Waals surface area contributed by atoms with Crippen molar-refractivity contribution in [2.45, 2.75) is 43.3 Å². The van der Waals surface area contributed by atoms with Gasteiger partial charge in [-0.3, -0.25) is 5.32 Å². The quantitative estimate of drug-likeness (QED) is 0.354. The SMILES string of the molecule is N#Cc1cc(-c2nn(C3CC3)c3ncnc(N)c23)ccc1NC(=O)Nc1cc(C2(C(F)(F)F)CC2)no1. The summed E-state index contributed by atoms with van der Waals surface area (Å²) in [6, 6.07) is 7.23. The maximum absolute atomic E-state index is 13.3. The Labute approximate surface area is 206 Å². The number of amides is 2. The molecule has 2 amide bonds. The molecule has 0 bridgehead atoms. The molecular formula is C23H18F3N9O2. The average Bonchev–Trinajstić information content (AvgIpc) is 3.78. The molecule has 2 saturated carbocycles. The lowest BCUT2D eigenvalue weighted by Gasteiger charge is -2.15. The molecule has 0 spiro atoms. The van der Waals surface area contributed by atoms with Gasteiger partial charge in [-0.15, -0.1) is 0 Å². The van der Waals surface area contributed by atoms with Crippen LogP contribution in [0, 0.1) is 11.3 Å². The minimum absolute atomic E-state index is 0.0848. The van der Waals surface area contributed by atoms with Gasteiger partial charge in [0.05, 0.1) is 22.7 Å². The van der Waals surface area contributed by atoms with E-state index in [2.05, 4.69) is 30.9 Å². The first-order valence-electron chi connectivity index (χ1n) is 11.4. The van der Waals surface area contributed by atoms with Crippen molar-refractivity contribution in [2.24, 2.45) is 0 Å². The van der Waals surface area contributed by atoms with E-state index in [9.17, 15) is 23.2 Å². The maximum Gasteiger partial charge on any atom is 0.400 e. The highest BCUT2D eigenvalue weighted by Crippen LogP contribution is 2.58. The topological polar surface area (TPSA) is 161 Å². The van der Waals surface area contributed by atoms with Crippen LogP contribution in [-0.2, 0) is 5.41 Å². The number of urea groups is 1. The number of alkyl halides is 3. The van der Waals surface area contributed by atoms with Gasteiger partial charge >= 0.3 is 12.2 Å². The van der Waals surface area contributed by atoms with Gasteiger partial charge in [0.15, 0.2) is 5.65 Å². The Kier molecular flexibility index (Phi) is 4.87. The highest BCUT2D eigenvalue weighted by atomic mass is 19.4. The van der Waals surface area contributed by atoms with Crippen LogP contribution in [-0.4, -0.2) is 37.1 Å². The minimum atomic E-state index is -4.45. The summed E-state index contributed by atoms with van der Waals surface area (Å²) in [5, 5.41) is 23.3. The van der Waals surface area contributed by atoms with Gasteiger partial charge in [0.25, 0.3) is 0 Å². The van der Waals surface area contributed by atoms with Crippen LogP contribution in [0.4, 0.5) is 35.4 Å². The molecule has 37 heavy (non-hydrogen) atoms. The first kappa shape index (κ1) is 22.8. The zero-order valence-corrected chi connectivity index (χ0v) is 19.0. The number of benzene rings is 1. The van der Waals surface area contributed by atoms with Crippen molar-refractivity contribution >= 4 is 34.5 Å². The van der Waals surface area contributed by atoms with E-state index in [-0.39, 0.29) is 47.5 Å². The van der Waals surface area contributed by atoms with Crippen LogP contribution in [0.2, 0.25) is 0 Å². The molecule has 3 heterocycles. The number of carbonyl (C=O) groups is 1. The highest BCUT2D eigenvalue weighted by molar-refractivity contribution is 6.01. The number of nitrogens with zero attached hydrogens (tertiary/aromatic N) is 6. The molecule has 14 heteroatoms. The monoisotopic (exact) mass is 509 g/mol. The summed E-state index contributed by atoms with van der Waals surface area (Å²) in [4.78, 5) is 20.9. The summed E-state index contributed by atoms with van der Waals surface area (Å²) in [5.41, 5.74) is 5.81. The van der Waals surface area contributed by atoms with Gasteiger partial charge in [0.1, 0.15) is 35.0 Å². The Hall–Kier alpha value is -4.67. The van der Waals surface area contributed by atoms with Gasteiger partial charge in [0.2, 0.25) is 5.88 Å². The van der Waals surface area contributed by atoms with E-state index >= 15 is 0 Å². The van der Waals surface area contributed by atoms with Crippen molar-refractivity contribution in [3.05, 3.63) is 41.9 Å². The molecular weight excluding hydrogens is 491 g/mol. The van der Waals surface area contributed by atoms with Crippen molar-refractivity contribution in [3.8, 4) is 17.3 Å². The third-order valence-electron chi connectivity index (χ3n) is 6.60. The zero-order valence-electron chi connectivity index (χ0n) is 19.0. The van der Waals surface area contributed by atoms with E-state index in [1.165, 1.54) is 12.4 Å². The third-order valence-corrected chi connectivity index (χ3v) is 6.60. The predicted molar refractivity (Wildman–Crippen MR) is 124 cm³/mol. The zero-order chi connectivity index (χ0) is 25.9. The first-order chi connectivity index (χ1) is 17.7. The molecule has 0 unspecified atom stereocenters. The molecule has 3 aromatic heterocycles. The van der Waals surface area contributed by atoms with E-state index in [4.69, 9.17) is 10.3 Å². The minimum Gasteiger partial charge on any atom is -0.383 e. The molecule has 0 saturated heterocycles. The molecule has 188 valence electrons. The average molecular weight is 509 g/mol. The number of carbonyl (C=O) groups excluding carboxylic acids is 1. The normalized spacial score (nSPS) is 16.4. The number of anilines is 3. The summed E-state index contributed by atoms with van der Waals surface area (Å²) < 4.78 is 46.6. The van der Waals surface area contributed by atoms with Crippen LogP contribution in [0.15, 0.2) is 35.1 Å². The van der Waals surface area contributed by atoms with E-state index in [0.717, 1.165) is 18.9 Å². The second kappa shape index (κ2) is 7.92. The van der Waals surface area contributed by atoms with Crippen LogP contribution < -0.4 is 16.4 Å². The molecule has 4 N–H and O–H groups in total. The molecule has 2 fully saturated rings. The first-order valence-corrected chi connectivity index (χ1v) is 11.4. The van der Waals surface area contributed by atoms with Crippen molar-refractivity contribution < 1.29 is 22.5 Å². The molecule has 0 radical (unpaired) electrons. The van der Waals surface area contributed by atoms with Crippen LogP contribution in [0.3, 0.4) is 0 Å². The van der Waals surface area contributed by atoms with Gasteiger partial charge in [-0.1, -0.05) is 11.2 Å². The van der Waals surface area contributed by atoms with Crippen LogP contribution >= 0.6 is 0 Å². The fourth-order valence-electron chi connectivity index (χ4n) is 4.30. The van der Waals surface area contributed by atoms with Crippen LogP contribution in [0.1, 0.15) is 43.0 Å². The molecule has 2 aliphatic carbocycles. The van der Waals surface area contributed by atoms with E-state index < -0.39 is 17.6 Å². The summed E-state index contributed by atoms with van der Waals surface area (Å²) in [6.45, 7) is 0. The fourth-order valence-corrected chi connectivity index (χ4v) is 4.30. The number of hydrogen-bond acceptors (Lipinski definition) is 8. The smallest absolute Gasteiger partial charge is 0.383 e. The Bertz CT molecular complexity index is 1590. The number of nitrogen functional groups attached to an aromatic ring is 1. The summed E-state index contributed by atoms with van der Waals surface area (Å²) in [6.07, 6.45) is -1.29. The standard InChI is InChI=1S/C23H18F3N9O2/c24-23(25,26)22(5-6-22)15-8-16(37-34-15)32-21(36)31-14-4-1-11(7-12(14)9-27)18-17-19(28)29-10-30-20(17)35(33-18)13-2-3-13/h1,4,7-8,10,13H,2-3,5-6H2,(H2,28,29,30)(H2,31,32,36). The summed E-state index contributed by atoms with van der Waals surface area (Å²) in [7, 11) is 0. The van der Waals surface area contributed by atoms with Crippen molar-refractivity contribution in [3.63, 3.8) is 0 Å². The number of halogens is 3. The molecule has 6 rings (SSSR count). The highest BCUT2D eigenvalue weighted by Gasteiger charge is 2.66. The fraction of sp³-hybridized carbons (Fsp3) is 0.304. The summed E-state index contributed by atoms with van der Waals surface area (Å²) in [5.74, 6) is 0.0163. The van der Waals surface area contributed by atoms with E-state index in [1.807, 2.05) is 10.8 Å². The Morgan fingerprint density at radius 2 is 2.00 bits per heavy atom.